The predicted octanol–water partition coefficient (Wildman–Crippen LogP) is 6.95. The molecule has 0 spiro atoms. The SMILES string of the molecule is COc1cc2c(Nc3ccc(Br)cc3F)ncnc2cc1OC(C)(C)C1CCN(C(C)(C)C)CC1. The molecule has 1 aromatic heterocycles. The fourth-order valence-corrected chi connectivity index (χ4v) is 5.07. The minimum atomic E-state index is -0.377. The molecule has 2 aromatic carbocycles. The lowest BCUT2D eigenvalue weighted by molar-refractivity contribution is -0.00999. The van der Waals surface area contributed by atoms with E-state index in [1.807, 2.05) is 12.1 Å². The van der Waals surface area contributed by atoms with Gasteiger partial charge in [0.2, 0.25) is 0 Å². The Bertz CT molecular complexity index is 1200. The van der Waals surface area contributed by atoms with E-state index in [1.54, 1.807) is 19.2 Å². The quantitative estimate of drug-likeness (QED) is 0.362. The zero-order valence-corrected chi connectivity index (χ0v) is 22.9. The highest BCUT2D eigenvalue weighted by molar-refractivity contribution is 9.10. The maximum Gasteiger partial charge on any atom is 0.164 e. The number of piperidine rings is 1. The highest BCUT2D eigenvalue weighted by Gasteiger charge is 2.37. The van der Waals surface area contributed by atoms with Crippen molar-refractivity contribution in [1.29, 1.82) is 0 Å². The number of rotatable bonds is 6. The van der Waals surface area contributed by atoms with Crippen LogP contribution in [0.1, 0.15) is 47.5 Å². The molecule has 3 aromatic rings. The molecule has 2 heterocycles. The van der Waals surface area contributed by atoms with Crippen LogP contribution in [0.15, 0.2) is 41.1 Å². The molecule has 1 aliphatic heterocycles. The molecule has 4 rings (SSSR count). The second-order valence-corrected chi connectivity index (χ2v) is 11.5. The number of anilines is 2. The van der Waals surface area contributed by atoms with Crippen LogP contribution in [-0.4, -0.2) is 46.2 Å². The monoisotopic (exact) mass is 544 g/mol. The van der Waals surface area contributed by atoms with Gasteiger partial charge in [-0.25, -0.2) is 14.4 Å². The maximum absolute atomic E-state index is 14.4. The van der Waals surface area contributed by atoms with Crippen LogP contribution in [0.4, 0.5) is 15.9 Å². The number of hydrogen-bond donors (Lipinski definition) is 1. The summed E-state index contributed by atoms with van der Waals surface area (Å²) in [6.45, 7) is 13.2. The number of nitrogens with zero attached hydrogens (tertiary/aromatic N) is 3. The minimum absolute atomic E-state index is 0.183. The summed E-state index contributed by atoms with van der Waals surface area (Å²) < 4.78 is 27.4. The van der Waals surface area contributed by atoms with Gasteiger partial charge in [0, 0.05) is 27.4 Å². The van der Waals surface area contributed by atoms with Crippen LogP contribution in [0.25, 0.3) is 10.9 Å². The zero-order chi connectivity index (χ0) is 25.4. The van der Waals surface area contributed by atoms with E-state index < -0.39 is 0 Å². The first-order chi connectivity index (χ1) is 16.5. The molecule has 8 heteroatoms. The Kier molecular flexibility index (Phi) is 7.25. The Morgan fingerprint density at radius 2 is 1.74 bits per heavy atom. The fraction of sp³-hybridized carbons (Fsp3) is 0.481. The van der Waals surface area contributed by atoms with Gasteiger partial charge < -0.3 is 14.8 Å². The first kappa shape index (κ1) is 25.6. The molecule has 0 atom stereocenters. The smallest absolute Gasteiger partial charge is 0.164 e. The van der Waals surface area contributed by atoms with E-state index in [1.165, 1.54) is 12.4 Å². The molecule has 1 fully saturated rings. The van der Waals surface area contributed by atoms with E-state index in [-0.39, 0.29) is 17.0 Å². The molecular weight excluding hydrogens is 511 g/mol. The second kappa shape index (κ2) is 9.90. The molecule has 0 amide bonds. The van der Waals surface area contributed by atoms with Crippen LogP contribution in [0, 0.1) is 11.7 Å². The van der Waals surface area contributed by atoms with E-state index in [2.05, 4.69) is 70.7 Å². The third-order valence-corrected chi connectivity index (χ3v) is 7.40. The van der Waals surface area contributed by atoms with Gasteiger partial charge in [-0.05, 0) is 84.8 Å². The molecule has 0 bridgehead atoms. The van der Waals surface area contributed by atoms with Crippen molar-refractivity contribution in [2.45, 2.75) is 58.6 Å². The number of fused-ring (bicyclic) bond motifs is 1. The molecule has 1 saturated heterocycles. The van der Waals surface area contributed by atoms with E-state index in [0.29, 0.717) is 38.9 Å². The first-order valence-corrected chi connectivity index (χ1v) is 12.8. The maximum atomic E-state index is 14.4. The molecule has 0 unspecified atom stereocenters. The van der Waals surface area contributed by atoms with Crippen LogP contribution in [0.5, 0.6) is 11.5 Å². The van der Waals surface area contributed by atoms with Crippen molar-refractivity contribution in [3.63, 3.8) is 0 Å². The Labute approximate surface area is 215 Å². The third kappa shape index (κ3) is 5.70. The van der Waals surface area contributed by atoms with Gasteiger partial charge in [0.1, 0.15) is 23.6 Å². The summed E-state index contributed by atoms with van der Waals surface area (Å²) in [5.74, 6) is 1.77. The van der Waals surface area contributed by atoms with Gasteiger partial charge in [-0.2, -0.15) is 0 Å². The normalized spacial score (nSPS) is 15.9. The molecule has 0 aliphatic carbocycles. The summed E-state index contributed by atoms with van der Waals surface area (Å²) in [7, 11) is 1.62. The molecule has 0 saturated carbocycles. The highest BCUT2D eigenvalue weighted by atomic mass is 79.9. The van der Waals surface area contributed by atoms with E-state index >= 15 is 0 Å². The molecule has 1 N–H and O–H groups in total. The van der Waals surface area contributed by atoms with Crippen LogP contribution in [0.3, 0.4) is 0 Å². The summed E-state index contributed by atoms with van der Waals surface area (Å²) in [4.78, 5) is 11.3. The number of hydrogen-bond acceptors (Lipinski definition) is 6. The third-order valence-electron chi connectivity index (χ3n) is 6.90. The van der Waals surface area contributed by atoms with Crippen LogP contribution >= 0.6 is 15.9 Å². The lowest BCUT2D eigenvalue weighted by atomic mass is 9.81. The fourth-order valence-electron chi connectivity index (χ4n) is 4.73. The van der Waals surface area contributed by atoms with Gasteiger partial charge in [-0.3, -0.25) is 4.90 Å². The van der Waals surface area contributed by atoms with E-state index in [4.69, 9.17) is 9.47 Å². The lowest BCUT2D eigenvalue weighted by Gasteiger charge is -2.45. The van der Waals surface area contributed by atoms with Gasteiger partial charge >= 0.3 is 0 Å². The lowest BCUT2D eigenvalue weighted by Crippen LogP contribution is -2.50. The molecule has 188 valence electrons. The topological polar surface area (TPSA) is 59.5 Å². The molecular formula is C27H34BrFN4O2. The van der Waals surface area contributed by atoms with Crippen molar-refractivity contribution in [2.75, 3.05) is 25.5 Å². The number of benzene rings is 2. The van der Waals surface area contributed by atoms with Crippen molar-refractivity contribution < 1.29 is 13.9 Å². The van der Waals surface area contributed by atoms with Gasteiger partial charge in [-0.1, -0.05) is 15.9 Å². The second-order valence-electron chi connectivity index (χ2n) is 10.6. The highest BCUT2D eigenvalue weighted by Crippen LogP contribution is 2.40. The Hall–Kier alpha value is -2.45. The summed E-state index contributed by atoms with van der Waals surface area (Å²) in [5, 5.41) is 3.80. The number of likely N-dealkylation sites (tertiary alicyclic amines) is 1. The number of nitrogens with one attached hydrogen (secondary N) is 1. The van der Waals surface area contributed by atoms with Crippen molar-refractivity contribution in [2.24, 2.45) is 5.92 Å². The van der Waals surface area contributed by atoms with Crippen LogP contribution < -0.4 is 14.8 Å². The van der Waals surface area contributed by atoms with Gasteiger partial charge in [0.05, 0.1) is 18.3 Å². The predicted molar refractivity (Wildman–Crippen MR) is 142 cm³/mol. The summed E-state index contributed by atoms with van der Waals surface area (Å²) >= 11 is 3.29. The molecule has 6 nitrogen and oxygen atoms in total. The summed E-state index contributed by atoms with van der Waals surface area (Å²) in [6, 6.07) is 8.57. The number of aromatic nitrogens is 2. The Morgan fingerprint density at radius 3 is 2.37 bits per heavy atom. The number of methoxy groups -OCH3 is 1. The average molecular weight is 545 g/mol. The van der Waals surface area contributed by atoms with Crippen LogP contribution in [0.2, 0.25) is 0 Å². The summed E-state index contributed by atoms with van der Waals surface area (Å²) in [5.41, 5.74) is 0.825. The van der Waals surface area contributed by atoms with Crippen molar-refractivity contribution in [3.8, 4) is 11.5 Å². The first-order valence-electron chi connectivity index (χ1n) is 12.0. The van der Waals surface area contributed by atoms with E-state index in [0.717, 1.165) is 31.3 Å². The number of halogens is 2. The number of ether oxygens (including phenoxy) is 2. The average Bonchev–Trinajstić information content (AvgIpc) is 2.80. The van der Waals surface area contributed by atoms with Gasteiger partial charge in [0.15, 0.2) is 11.5 Å². The zero-order valence-electron chi connectivity index (χ0n) is 21.3. The summed E-state index contributed by atoms with van der Waals surface area (Å²) in [6.07, 6.45) is 3.62. The standard InChI is InChI=1S/C27H34BrFN4O2/c1-26(2,3)33-11-9-17(10-12-33)27(4,5)35-24-15-22-19(14-23(24)34-6)25(31-16-30-22)32-21-8-7-18(28)13-20(21)29/h7-8,13-17H,9-12H2,1-6H3,(H,30,31,32). The Balaban J connectivity index is 1.59. The van der Waals surface area contributed by atoms with E-state index in [9.17, 15) is 4.39 Å². The van der Waals surface area contributed by atoms with Gasteiger partial charge in [-0.15, -0.1) is 0 Å². The van der Waals surface area contributed by atoms with Crippen molar-refractivity contribution >= 4 is 38.3 Å². The van der Waals surface area contributed by atoms with Crippen molar-refractivity contribution in [3.05, 3.63) is 46.9 Å². The van der Waals surface area contributed by atoms with Gasteiger partial charge in [0.25, 0.3) is 0 Å². The largest absolute Gasteiger partial charge is 0.493 e. The molecule has 35 heavy (non-hydrogen) atoms. The Morgan fingerprint density at radius 1 is 1.03 bits per heavy atom. The minimum Gasteiger partial charge on any atom is -0.493 e. The molecule has 1 aliphatic rings. The van der Waals surface area contributed by atoms with Crippen LogP contribution in [-0.2, 0) is 0 Å². The van der Waals surface area contributed by atoms with Crippen molar-refractivity contribution in [1.82, 2.24) is 14.9 Å². The molecule has 0 radical (unpaired) electrons.